The number of unbranched alkanes of at least 4 members (excludes halogenated alkanes) is 12. The monoisotopic (exact) mass is 1050 g/mol. The van der Waals surface area contributed by atoms with Crippen molar-refractivity contribution in [3.8, 4) is 0 Å². The smallest absolute Gasteiger partial charge is 0.309 e. The van der Waals surface area contributed by atoms with Gasteiger partial charge in [0.1, 0.15) is 48.8 Å². The van der Waals surface area contributed by atoms with Crippen molar-refractivity contribution < 1.29 is 82.7 Å². The molecule has 2 heterocycles. The Kier molecular flexibility index (Phi) is 33.4. The fraction of sp³-hybridized carbons (Fsp3) is 0.907. The molecule has 0 aromatic carbocycles. The first-order chi connectivity index (χ1) is 34.8. The minimum Gasteiger partial charge on any atom is -0.462 e. The lowest BCUT2D eigenvalue weighted by atomic mass is 9.92. The third-order valence-corrected chi connectivity index (χ3v) is 13.7. The van der Waals surface area contributed by atoms with Crippen LogP contribution in [0.3, 0.4) is 0 Å². The highest BCUT2D eigenvalue weighted by Gasteiger charge is 2.50. The Bertz CT molecular complexity index is 1560. The molecular formula is C54H98N2O17. The van der Waals surface area contributed by atoms with Gasteiger partial charge in [-0.3, -0.25) is 24.0 Å². The maximum atomic E-state index is 14.0. The second-order valence-corrected chi connectivity index (χ2v) is 20.9. The van der Waals surface area contributed by atoms with E-state index in [1.807, 2.05) is 13.8 Å². The van der Waals surface area contributed by atoms with Crippen LogP contribution in [-0.2, 0) is 57.1 Å². The molecule has 2 amide bonds. The van der Waals surface area contributed by atoms with Crippen LogP contribution in [0, 0.1) is 11.8 Å². The number of carbonyl (C=O) groups is 5. The summed E-state index contributed by atoms with van der Waals surface area (Å²) in [7, 11) is 0. The van der Waals surface area contributed by atoms with E-state index >= 15 is 0 Å². The van der Waals surface area contributed by atoms with Crippen molar-refractivity contribution in [3.05, 3.63) is 0 Å². The van der Waals surface area contributed by atoms with Gasteiger partial charge in [-0.2, -0.15) is 0 Å². The van der Waals surface area contributed by atoms with Gasteiger partial charge in [0.25, 0.3) is 0 Å². The van der Waals surface area contributed by atoms with Crippen LogP contribution >= 0.6 is 0 Å². The SMILES string of the molecule is CCCCCCCC(CC(=O)NC(CO)C(=O)NC(CO)CC(C)C)OC(=O)CC(CCCCCCC)OC(=O)CC(CCCCCCC)OC1OC(C)C(O)C(OC2OC(C)C(O)C(OC(C)=O)C2C)C1O. The average Bonchev–Trinajstić information content (AvgIpc) is 3.33. The minimum atomic E-state index is -1.57. The van der Waals surface area contributed by atoms with Crippen molar-refractivity contribution in [2.45, 2.75) is 289 Å². The summed E-state index contributed by atoms with van der Waals surface area (Å²) in [4.78, 5) is 66.1. The summed E-state index contributed by atoms with van der Waals surface area (Å²) in [5, 5.41) is 58.7. The predicted octanol–water partition coefficient (Wildman–Crippen LogP) is 5.97. The zero-order valence-electron chi connectivity index (χ0n) is 45.8. The number of hydrogen-bond acceptors (Lipinski definition) is 17. The van der Waals surface area contributed by atoms with Crippen LogP contribution in [0.25, 0.3) is 0 Å². The van der Waals surface area contributed by atoms with Crippen LogP contribution in [0.5, 0.6) is 0 Å². The number of hydrogen-bond donors (Lipinski definition) is 7. The molecule has 2 aliphatic heterocycles. The average molecular weight is 1050 g/mol. The highest BCUT2D eigenvalue weighted by atomic mass is 16.7. The van der Waals surface area contributed by atoms with Crippen molar-refractivity contribution in [2.24, 2.45) is 11.8 Å². The van der Waals surface area contributed by atoms with Crippen LogP contribution < -0.4 is 10.6 Å². The van der Waals surface area contributed by atoms with Gasteiger partial charge in [0.15, 0.2) is 12.6 Å². The molecule has 0 aliphatic carbocycles. The molecule has 73 heavy (non-hydrogen) atoms. The van der Waals surface area contributed by atoms with Crippen molar-refractivity contribution in [1.82, 2.24) is 10.6 Å². The molecule has 2 aliphatic rings. The van der Waals surface area contributed by atoms with Crippen molar-refractivity contribution >= 4 is 29.7 Å². The maximum absolute atomic E-state index is 14.0. The predicted molar refractivity (Wildman–Crippen MR) is 272 cm³/mol. The second kappa shape index (κ2) is 36.9. The van der Waals surface area contributed by atoms with Crippen LogP contribution in [0.15, 0.2) is 0 Å². The van der Waals surface area contributed by atoms with E-state index in [4.69, 9.17) is 33.2 Å². The van der Waals surface area contributed by atoms with E-state index in [-0.39, 0.29) is 31.8 Å². The normalized spacial score (nSPS) is 26.3. The number of amides is 2. The van der Waals surface area contributed by atoms with E-state index in [2.05, 4.69) is 31.4 Å². The van der Waals surface area contributed by atoms with E-state index in [0.717, 1.165) is 77.0 Å². The zero-order valence-corrected chi connectivity index (χ0v) is 45.8. The largest absolute Gasteiger partial charge is 0.462 e. The van der Waals surface area contributed by atoms with Gasteiger partial charge in [0.2, 0.25) is 11.8 Å². The second-order valence-electron chi connectivity index (χ2n) is 20.9. The molecular weight excluding hydrogens is 949 g/mol. The molecule has 2 fully saturated rings. The molecule has 426 valence electrons. The Hall–Kier alpha value is -3.01. The van der Waals surface area contributed by atoms with Crippen LogP contribution in [0.1, 0.15) is 204 Å². The third-order valence-electron chi connectivity index (χ3n) is 13.7. The van der Waals surface area contributed by atoms with Gasteiger partial charge in [-0.1, -0.05) is 125 Å². The van der Waals surface area contributed by atoms with Gasteiger partial charge in [-0.05, 0) is 58.3 Å². The molecule has 15 atom stereocenters. The molecule has 2 saturated heterocycles. The topological polar surface area (TPSA) is 275 Å². The number of aliphatic hydroxyl groups is 5. The molecule has 0 spiro atoms. The molecule has 19 heteroatoms. The Morgan fingerprint density at radius 2 is 1.04 bits per heavy atom. The van der Waals surface area contributed by atoms with Gasteiger partial charge in [-0.25, -0.2) is 0 Å². The Balaban J connectivity index is 2.29. The standard InChI is InChI=1S/C54H98N2O17/c1-10-13-16-19-22-25-40(29-44(60)56-43(33-58)52(66)55-39(32-57)28-34(4)5)70-45(61)30-41(26-23-20-17-14-11-2)71-46(62)31-42(27-24-21-18-15-12-3)72-54-49(65)51(48(64)37(8)68-54)73-53-35(6)50(69-38(9)59)47(63)36(7)67-53/h34-37,39-43,47-51,53-54,57-58,63-65H,10-33H2,1-9H3,(H,55,66)(H,56,60). The Morgan fingerprint density at radius 3 is 1.52 bits per heavy atom. The Labute approximate surface area is 436 Å². The summed E-state index contributed by atoms with van der Waals surface area (Å²) in [6.45, 7) is 15.3. The van der Waals surface area contributed by atoms with Crippen LogP contribution in [0.4, 0.5) is 0 Å². The molecule has 15 unspecified atom stereocenters. The lowest BCUT2D eigenvalue weighted by molar-refractivity contribution is -0.351. The number of aliphatic hydroxyl groups excluding tert-OH is 5. The molecule has 7 N–H and O–H groups in total. The number of carbonyl (C=O) groups excluding carboxylic acids is 5. The fourth-order valence-corrected chi connectivity index (χ4v) is 9.38. The van der Waals surface area contributed by atoms with Gasteiger partial charge in [-0.15, -0.1) is 0 Å². The lowest BCUT2D eigenvalue weighted by Gasteiger charge is -2.47. The van der Waals surface area contributed by atoms with E-state index in [0.29, 0.717) is 44.9 Å². The molecule has 0 saturated carbocycles. The number of rotatable bonds is 38. The maximum Gasteiger partial charge on any atom is 0.309 e. The van der Waals surface area contributed by atoms with E-state index in [1.165, 1.54) is 6.92 Å². The molecule has 0 aromatic rings. The minimum absolute atomic E-state index is 0.182. The summed E-state index contributed by atoms with van der Waals surface area (Å²) >= 11 is 0. The summed E-state index contributed by atoms with van der Waals surface area (Å²) in [5.74, 6) is -3.65. The van der Waals surface area contributed by atoms with E-state index < -0.39 is 128 Å². The number of nitrogens with one attached hydrogen (secondary N) is 2. The summed E-state index contributed by atoms with van der Waals surface area (Å²) in [6.07, 6.45) is 1.57. The van der Waals surface area contributed by atoms with Crippen molar-refractivity contribution in [1.29, 1.82) is 0 Å². The first-order valence-electron chi connectivity index (χ1n) is 27.8. The van der Waals surface area contributed by atoms with Gasteiger partial charge in [0, 0.05) is 12.8 Å². The lowest BCUT2D eigenvalue weighted by Crippen LogP contribution is -2.62. The molecule has 0 radical (unpaired) electrons. The van der Waals surface area contributed by atoms with Gasteiger partial charge in [0.05, 0.1) is 56.8 Å². The number of ether oxygens (including phenoxy) is 7. The molecule has 0 bridgehead atoms. The Morgan fingerprint density at radius 1 is 0.575 bits per heavy atom. The number of esters is 3. The summed E-state index contributed by atoms with van der Waals surface area (Å²) in [6, 6.07) is -1.83. The van der Waals surface area contributed by atoms with E-state index in [1.54, 1.807) is 20.8 Å². The third kappa shape index (κ3) is 25.6. The van der Waals surface area contributed by atoms with Crippen LogP contribution in [-0.4, -0.2) is 154 Å². The van der Waals surface area contributed by atoms with Crippen molar-refractivity contribution in [3.63, 3.8) is 0 Å². The zero-order chi connectivity index (χ0) is 54.5. The van der Waals surface area contributed by atoms with Gasteiger partial charge < -0.3 is 69.3 Å². The first kappa shape index (κ1) is 66.1. The molecule has 2 rings (SSSR count). The fourth-order valence-electron chi connectivity index (χ4n) is 9.38. The highest BCUT2D eigenvalue weighted by molar-refractivity contribution is 5.88. The van der Waals surface area contributed by atoms with Crippen molar-refractivity contribution in [2.75, 3.05) is 13.2 Å². The highest BCUT2D eigenvalue weighted by Crippen LogP contribution is 2.34. The summed E-state index contributed by atoms with van der Waals surface area (Å²) < 4.78 is 41.9. The molecule has 0 aromatic heterocycles. The van der Waals surface area contributed by atoms with Gasteiger partial charge >= 0.3 is 17.9 Å². The first-order valence-corrected chi connectivity index (χ1v) is 27.8. The quantitative estimate of drug-likeness (QED) is 0.0213. The van der Waals surface area contributed by atoms with Crippen LogP contribution in [0.2, 0.25) is 0 Å². The summed E-state index contributed by atoms with van der Waals surface area (Å²) in [5.41, 5.74) is 0. The van der Waals surface area contributed by atoms with E-state index in [9.17, 15) is 49.5 Å². The molecule has 19 nitrogen and oxygen atoms in total.